The highest BCUT2D eigenvalue weighted by Crippen LogP contribution is 2.38. The Kier molecular flexibility index (Phi) is 9.37. The summed E-state index contributed by atoms with van der Waals surface area (Å²) in [6, 6.07) is 23.0. The fraction of sp³-hybridized carbons (Fsp3) is 0.133. The van der Waals surface area contributed by atoms with E-state index in [0.29, 0.717) is 29.2 Å². The van der Waals surface area contributed by atoms with Gasteiger partial charge in [-0.2, -0.15) is 0 Å². The molecule has 0 saturated carbocycles. The molecule has 4 rings (SSSR count). The number of hydrogen-bond acceptors (Lipinski definition) is 7. The quantitative estimate of drug-likeness (QED) is 0.146. The number of nitrogens with one attached hydrogen (secondary N) is 1. The molecule has 3 aromatic carbocycles. The van der Waals surface area contributed by atoms with Crippen molar-refractivity contribution in [1.29, 1.82) is 0 Å². The van der Waals surface area contributed by atoms with E-state index in [1.54, 1.807) is 38.6 Å². The molecule has 0 radical (unpaired) electrons. The second-order valence-electron chi connectivity index (χ2n) is 8.72. The van der Waals surface area contributed by atoms with Crippen LogP contribution < -0.4 is 26.3 Å². The number of aromatic nitrogens is 1. The Hall–Kier alpha value is -4.83. The third-order valence-corrected chi connectivity index (χ3v) is 6.97. The van der Waals surface area contributed by atoms with Gasteiger partial charge in [-0.15, -0.1) is 10.2 Å². The van der Waals surface area contributed by atoms with Crippen LogP contribution in [0.25, 0.3) is 11.1 Å². The summed E-state index contributed by atoms with van der Waals surface area (Å²) in [5.41, 5.74) is 16.3. The molecule has 204 valence electrons. The number of hydrogen-bond donors (Lipinski definition) is 3. The number of nitrogens with two attached hydrogens (primary N) is 2. The molecule has 9 nitrogen and oxygen atoms in total. The standard InChI is InChI=1S/C30H30N6O3S/c1-19-4-10-27(26(12-19)23-13-24(38-2)15-25(14-23)39-3)40-28-11-9-22(17-33-28)30(37)34-16-20-5-7-21(8-6-20)29(32)36-35-18-31/h4-15,17-18H,16H2,1-3H3,(H2,31,35)(H2,32,36)(H,34,37). The van der Waals surface area contributed by atoms with Gasteiger partial charge in [-0.25, -0.2) is 4.98 Å². The van der Waals surface area contributed by atoms with Gasteiger partial charge in [-0.1, -0.05) is 53.7 Å². The molecule has 0 spiro atoms. The molecule has 10 heteroatoms. The molecular formula is C30H30N6O3S. The zero-order valence-electron chi connectivity index (χ0n) is 22.4. The average Bonchev–Trinajstić information content (AvgIpc) is 2.99. The molecule has 0 atom stereocenters. The highest BCUT2D eigenvalue weighted by molar-refractivity contribution is 7.99. The lowest BCUT2D eigenvalue weighted by Gasteiger charge is -2.13. The summed E-state index contributed by atoms with van der Waals surface area (Å²) >= 11 is 1.52. The van der Waals surface area contributed by atoms with E-state index in [1.807, 2.05) is 36.4 Å². The van der Waals surface area contributed by atoms with E-state index in [4.69, 9.17) is 20.9 Å². The zero-order chi connectivity index (χ0) is 28.5. The summed E-state index contributed by atoms with van der Waals surface area (Å²) in [6.45, 7) is 2.40. The number of pyridine rings is 1. The van der Waals surface area contributed by atoms with Crippen molar-refractivity contribution in [2.24, 2.45) is 21.7 Å². The molecule has 0 unspecified atom stereocenters. The third kappa shape index (κ3) is 7.17. The Morgan fingerprint density at radius 3 is 2.30 bits per heavy atom. The minimum Gasteiger partial charge on any atom is -0.497 e. The van der Waals surface area contributed by atoms with Gasteiger partial charge in [0, 0.05) is 29.3 Å². The van der Waals surface area contributed by atoms with Crippen molar-refractivity contribution in [2.45, 2.75) is 23.4 Å². The third-order valence-electron chi connectivity index (χ3n) is 5.95. The Morgan fingerprint density at radius 1 is 0.975 bits per heavy atom. The van der Waals surface area contributed by atoms with Gasteiger partial charge < -0.3 is 26.3 Å². The first-order valence-electron chi connectivity index (χ1n) is 12.3. The summed E-state index contributed by atoms with van der Waals surface area (Å²) in [5.74, 6) is 1.46. The first kappa shape index (κ1) is 28.2. The molecule has 0 aliphatic rings. The van der Waals surface area contributed by atoms with E-state index in [1.165, 1.54) is 11.8 Å². The summed E-state index contributed by atoms with van der Waals surface area (Å²) in [7, 11) is 3.27. The molecule has 4 aromatic rings. The van der Waals surface area contributed by atoms with E-state index in [9.17, 15) is 4.79 Å². The lowest BCUT2D eigenvalue weighted by Crippen LogP contribution is -2.23. The Bertz CT molecular complexity index is 1510. The van der Waals surface area contributed by atoms with Crippen molar-refractivity contribution in [3.8, 4) is 22.6 Å². The predicted molar refractivity (Wildman–Crippen MR) is 159 cm³/mol. The molecule has 0 aliphatic heterocycles. The number of amidine groups is 1. The van der Waals surface area contributed by atoms with Crippen LogP contribution in [0.3, 0.4) is 0 Å². The largest absolute Gasteiger partial charge is 0.497 e. The smallest absolute Gasteiger partial charge is 0.253 e. The van der Waals surface area contributed by atoms with E-state index in [2.05, 4.69) is 45.6 Å². The van der Waals surface area contributed by atoms with Gasteiger partial charge in [0.25, 0.3) is 5.91 Å². The van der Waals surface area contributed by atoms with Gasteiger partial charge in [-0.05, 0) is 53.9 Å². The number of methoxy groups -OCH3 is 2. The normalized spacial score (nSPS) is 11.4. The Morgan fingerprint density at radius 2 is 1.68 bits per heavy atom. The van der Waals surface area contributed by atoms with Crippen LogP contribution in [0, 0.1) is 6.92 Å². The molecule has 1 amide bonds. The Balaban J connectivity index is 1.44. The molecular weight excluding hydrogens is 524 g/mol. The summed E-state index contributed by atoms with van der Waals surface area (Å²) in [5, 5.41) is 11.0. The van der Waals surface area contributed by atoms with Crippen molar-refractivity contribution < 1.29 is 14.3 Å². The molecule has 0 saturated heterocycles. The lowest BCUT2D eigenvalue weighted by molar-refractivity contribution is 0.0950. The van der Waals surface area contributed by atoms with Crippen LogP contribution in [-0.2, 0) is 6.54 Å². The predicted octanol–water partition coefficient (Wildman–Crippen LogP) is 4.76. The molecule has 5 N–H and O–H groups in total. The maximum atomic E-state index is 12.7. The molecule has 0 fully saturated rings. The zero-order valence-corrected chi connectivity index (χ0v) is 23.2. The highest BCUT2D eigenvalue weighted by Gasteiger charge is 2.13. The lowest BCUT2D eigenvalue weighted by atomic mass is 10.0. The van der Waals surface area contributed by atoms with E-state index in [0.717, 1.165) is 38.5 Å². The van der Waals surface area contributed by atoms with Crippen LogP contribution in [0.15, 0.2) is 99.1 Å². The molecule has 1 aromatic heterocycles. The van der Waals surface area contributed by atoms with Crippen LogP contribution in [-0.4, -0.2) is 37.3 Å². The van der Waals surface area contributed by atoms with Gasteiger partial charge in [0.05, 0.1) is 19.8 Å². The SMILES string of the molecule is COc1cc(OC)cc(-c2cc(C)ccc2Sc2ccc(C(=O)NCc3ccc(/C(N)=N/N=C\N)cc3)cn2)c1. The number of carbonyl (C=O) groups excluding carboxylic acids is 1. The Labute approximate surface area is 237 Å². The molecule has 1 heterocycles. The van der Waals surface area contributed by atoms with Gasteiger partial charge in [-0.3, -0.25) is 4.79 Å². The number of aryl methyl sites for hydroxylation is 1. The van der Waals surface area contributed by atoms with E-state index in [-0.39, 0.29) is 11.7 Å². The number of rotatable bonds is 10. The maximum Gasteiger partial charge on any atom is 0.253 e. The number of ether oxygens (including phenoxy) is 2. The average molecular weight is 555 g/mol. The van der Waals surface area contributed by atoms with Gasteiger partial charge >= 0.3 is 0 Å². The fourth-order valence-electron chi connectivity index (χ4n) is 3.84. The van der Waals surface area contributed by atoms with Crippen LogP contribution in [0.5, 0.6) is 11.5 Å². The molecule has 40 heavy (non-hydrogen) atoms. The fourth-order valence-corrected chi connectivity index (χ4v) is 4.73. The topological polar surface area (TPSA) is 137 Å². The van der Waals surface area contributed by atoms with Gasteiger partial charge in [0.15, 0.2) is 5.84 Å². The van der Waals surface area contributed by atoms with Crippen LogP contribution >= 0.6 is 11.8 Å². The van der Waals surface area contributed by atoms with Gasteiger partial charge in [0.2, 0.25) is 0 Å². The van der Waals surface area contributed by atoms with Crippen molar-refractivity contribution in [3.05, 3.63) is 101 Å². The molecule has 0 bridgehead atoms. The number of nitrogens with zero attached hydrogens (tertiary/aromatic N) is 3. The highest BCUT2D eigenvalue weighted by atomic mass is 32.2. The van der Waals surface area contributed by atoms with Crippen molar-refractivity contribution in [3.63, 3.8) is 0 Å². The second kappa shape index (κ2) is 13.3. The van der Waals surface area contributed by atoms with Crippen molar-refractivity contribution in [2.75, 3.05) is 14.2 Å². The summed E-state index contributed by atoms with van der Waals surface area (Å²) in [6.07, 6.45) is 2.65. The minimum absolute atomic E-state index is 0.217. The number of benzene rings is 3. The number of carbonyl (C=O) groups is 1. The van der Waals surface area contributed by atoms with E-state index >= 15 is 0 Å². The monoisotopic (exact) mass is 554 g/mol. The minimum atomic E-state index is -0.217. The van der Waals surface area contributed by atoms with Crippen molar-refractivity contribution >= 4 is 29.8 Å². The van der Waals surface area contributed by atoms with Gasteiger partial charge in [0.1, 0.15) is 22.9 Å². The first-order valence-corrected chi connectivity index (χ1v) is 13.1. The van der Waals surface area contributed by atoms with Crippen LogP contribution in [0.4, 0.5) is 0 Å². The van der Waals surface area contributed by atoms with E-state index < -0.39 is 0 Å². The maximum absolute atomic E-state index is 12.7. The number of amides is 1. The van der Waals surface area contributed by atoms with Crippen LogP contribution in [0.2, 0.25) is 0 Å². The second-order valence-corrected chi connectivity index (χ2v) is 9.78. The van der Waals surface area contributed by atoms with Crippen LogP contribution in [0.1, 0.15) is 27.0 Å². The summed E-state index contributed by atoms with van der Waals surface area (Å²) < 4.78 is 10.9. The summed E-state index contributed by atoms with van der Waals surface area (Å²) in [4.78, 5) is 18.3. The molecule has 0 aliphatic carbocycles. The first-order chi connectivity index (χ1) is 19.4. The van der Waals surface area contributed by atoms with Crippen molar-refractivity contribution in [1.82, 2.24) is 10.3 Å².